The van der Waals surface area contributed by atoms with Crippen LogP contribution >= 0.6 is 8.15 Å². The van der Waals surface area contributed by atoms with Gasteiger partial charge < -0.3 is 4.89 Å². The molecule has 0 bridgehead atoms. The summed E-state index contributed by atoms with van der Waals surface area (Å²) in [6.07, 6.45) is 0. The first-order valence-electron chi connectivity index (χ1n) is 6.55. The summed E-state index contributed by atoms with van der Waals surface area (Å²) in [6.45, 7) is 0. The molecule has 0 aliphatic heterocycles. The van der Waals surface area contributed by atoms with Crippen molar-refractivity contribution >= 4 is 18.8 Å². The van der Waals surface area contributed by atoms with Crippen molar-refractivity contribution in [2.24, 2.45) is 0 Å². The monoisotopic (exact) mass is 278 g/mol. The van der Waals surface area contributed by atoms with Gasteiger partial charge in [-0.1, -0.05) is 84.9 Å². The molecule has 0 aliphatic carbocycles. The molecule has 20 heavy (non-hydrogen) atoms. The Morgan fingerprint density at radius 3 is 1.85 bits per heavy atom. The number of hydrogen-bond donors (Lipinski definition) is 1. The summed E-state index contributed by atoms with van der Waals surface area (Å²) in [7, 11) is -1.32. The van der Waals surface area contributed by atoms with Crippen LogP contribution < -0.4 is 10.6 Å². The van der Waals surface area contributed by atoms with Crippen LogP contribution in [0.4, 0.5) is 0 Å². The van der Waals surface area contributed by atoms with E-state index in [2.05, 4.69) is 18.2 Å². The second-order valence-corrected chi connectivity index (χ2v) is 6.15. The van der Waals surface area contributed by atoms with Crippen molar-refractivity contribution in [3.63, 3.8) is 0 Å². The van der Waals surface area contributed by atoms with Gasteiger partial charge in [-0.15, -0.1) is 0 Å². The SMILES string of the molecule is O[P@](c1ccccc1)c1ccccc1-c1ccccc1. The second kappa shape index (κ2) is 6.00. The zero-order valence-corrected chi connectivity index (χ0v) is 11.9. The lowest BCUT2D eigenvalue weighted by Gasteiger charge is -2.15. The fraction of sp³-hybridized carbons (Fsp3) is 0. The minimum absolute atomic E-state index is 0.978. The maximum absolute atomic E-state index is 10.7. The van der Waals surface area contributed by atoms with Crippen LogP contribution in [0.15, 0.2) is 84.9 Å². The van der Waals surface area contributed by atoms with E-state index in [9.17, 15) is 4.89 Å². The van der Waals surface area contributed by atoms with Gasteiger partial charge in [0.25, 0.3) is 0 Å². The molecule has 0 spiro atoms. The zero-order valence-electron chi connectivity index (χ0n) is 11.0. The molecule has 0 aliphatic rings. The van der Waals surface area contributed by atoms with Crippen LogP contribution in [0.25, 0.3) is 11.1 Å². The normalized spacial score (nSPS) is 12.1. The Hall–Kier alpha value is -1.95. The highest BCUT2D eigenvalue weighted by molar-refractivity contribution is 7.67. The number of benzene rings is 3. The van der Waals surface area contributed by atoms with E-state index in [0.29, 0.717) is 0 Å². The summed E-state index contributed by atoms with van der Waals surface area (Å²) in [5, 5.41) is 1.98. The molecule has 1 nitrogen and oxygen atoms in total. The first kappa shape index (κ1) is 13.1. The van der Waals surface area contributed by atoms with Crippen LogP contribution in [0.3, 0.4) is 0 Å². The molecule has 0 unspecified atom stereocenters. The van der Waals surface area contributed by atoms with Crippen LogP contribution in [0.1, 0.15) is 0 Å². The molecular formula is C18H15OP. The number of hydrogen-bond acceptors (Lipinski definition) is 1. The first-order valence-corrected chi connectivity index (χ1v) is 7.84. The molecule has 98 valence electrons. The molecule has 3 aromatic rings. The van der Waals surface area contributed by atoms with E-state index in [1.165, 1.54) is 0 Å². The Morgan fingerprint density at radius 1 is 0.600 bits per heavy atom. The third kappa shape index (κ3) is 2.65. The highest BCUT2D eigenvalue weighted by Gasteiger charge is 2.15. The minimum Gasteiger partial charge on any atom is -0.364 e. The summed E-state index contributed by atoms with van der Waals surface area (Å²) in [5.74, 6) is 0. The van der Waals surface area contributed by atoms with Crippen LogP contribution in [0.5, 0.6) is 0 Å². The first-order chi connectivity index (χ1) is 9.86. The fourth-order valence-corrected chi connectivity index (χ4v) is 3.62. The van der Waals surface area contributed by atoms with E-state index < -0.39 is 8.15 Å². The van der Waals surface area contributed by atoms with Crippen molar-refractivity contribution in [3.8, 4) is 11.1 Å². The quantitative estimate of drug-likeness (QED) is 0.724. The van der Waals surface area contributed by atoms with Crippen molar-refractivity contribution in [3.05, 3.63) is 84.9 Å². The lowest BCUT2D eigenvalue weighted by molar-refractivity contribution is 0.645. The average Bonchev–Trinajstić information content (AvgIpc) is 2.56. The van der Waals surface area contributed by atoms with E-state index in [-0.39, 0.29) is 0 Å². The van der Waals surface area contributed by atoms with E-state index in [1.54, 1.807) is 0 Å². The molecule has 3 rings (SSSR count). The fourth-order valence-electron chi connectivity index (χ4n) is 2.23. The molecule has 0 saturated heterocycles. The molecule has 1 N–H and O–H groups in total. The minimum atomic E-state index is -1.32. The summed E-state index contributed by atoms with van der Waals surface area (Å²) in [5.41, 5.74) is 2.24. The van der Waals surface area contributed by atoms with Crippen molar-refractivity contribution < 1.29 is 4.89 Å². The van der Waals surface area contributed by atoms with Crippen LogP contribution in [0, 0.1) is 0 Å². The Kier molecular flexibility index (Phi) is 3.92. The van der Waals surface area contributed by atoms with Gasteiger partial charge >= 0.3 is 0 Å². The van der Waals surface area contributed by atoms with Gasteiger partial charge in [0.2, 0.25) is 0 Å². The van der Waals surface area contributed by atoms with Crippen LogP contribution in [-0.4, -0.2) is 4.89 Å². The van der Waals surface area contributed by atoms with E-state index in [1.807, 2.05) is 66.7 Å². The average molecular weight is 278 g/mol. The molecule has 3 aromatic carbocycles. The summed E-state index contributed by atoms with van der Waals surface area (Å²) < 4.78 is 0. The molecule has 0 aromatic heterocycles. The van der Waals surface area contributed by atoms with Crippen molar-refractivity contribution in [1.29, 1.82) is 0 Å². The van der Waals surface area contributed by atoms with Crippen molar-refractivity contribution in [2.45, 2.75) is 0 Å². The maximum Gasteiger partial charge on any atom is 0.0883 e. The Labute approximate surface area is 120 Å². The largest absolute Gasteiger partial charge is 0.364 e. The molecule has 0 amide bonds. The van der Waals surface area contributed by atoms with Gasteiger partial charge in [-0.3, -0.25) is 0 Å². The van der Waals surface area contributed by atoms with Gasteiger partial charge in [-0.05, 0) is 11.1 Å². The highest BCUT2D eigenvalue weighted by atomic mass is 31.1. The van der Waals surface area contributed by atoms with E-state index >= 15 is 0 Å². The predicted octanol–water partition coefficient (Wildman–Crippen LogP) is 3.69. The van der Waals surface area contributed by atoms with Gasteiger partial charge in [-0.2, -0.15) is 0 Å². The smallest absolute Gasteiger partial charge is 0.0883 e. The lowest BCUT2D eigenvalue weighted by atomic mass is 10.1. The Morgan fingerprint density at radius 2 is 1.15 bits per heavy atom. The third-order valence-electron chi connectivity index (χ3n) is 3.22. The molecule has 0 heterocycles. The molecule has 0 radical (unpaired) electrons. The van der Waals surface area contributed by atoms with Gasteiger partial charge in [0.15, 0.2) is 0 Å². The molecule has 2 heteroatoms. The van der Waals surface area contributed by atoms with Crippen LogP contribution in [-0.2, 0) is 0 Å². The van der Waals surface area contributed by atoms with Crippen LogP contribution in [0.2, 0.25) is 0 Å². The van der Waals surface area contributed by atoms with Gasteiger partial charge in [0, 0.05) is 10.6 Å². The number of rotatable bonds is 3. The lowest BCUT2D eigenvalue weighted by Crippen LogP contribution is -2.13. The van der Waals surface area contributed by atoms with E-state index in [4.69, 9.17) is 0 Å². The van der Waals surface area contributed by atoms with Crippen molar-refractivity contribution in [1.82, 2.24) is 0 Å². The van der Waals surface area contributed by atoms with Gasteiger partial charge in [0.1, 0.15) is 0 Å². The summed E-state index contributed by atoms with van der Waals surface area (Å²) >= 11 is 0. The second-order valence-electron chi connectivity index (χ2n) is 4.53. The van der Waals surface area contributed by atoms with Crippen molar-refractivity contribution in [2.75, 3.05) is 0 Å². The standard InChI is InChI=1S/C18H15OP/c19-20(16-11-5-2-6-12-16)18-14-8-7-13-17(18)15-9-3-1-4-10-15/h1-14,19H/t20-/m1/s1. The van der Waals surface area contributed by atoms with Gasteiger partial charge in [-0.25, -0.2) is 0 Å². The third-order valence-corrected chi connectivity index (χ3v) is 4.85. The maximum atomic E-state index is 10.7. The topological polar surface area (TPSA) is 20.2 Å². The Bertz CT molecular complexity index is 680. The molecule has 1 atom stereocenters. The predicted molar refractivity (Wildman–Crippen MR) is 86.7 cm³/mol. The molecule has 0 saturated carbocycles. The highest BCUT2D eigenvalue weighted by Crippen LogP contribution is 2.33. The van der Waals surface area contributed by atoms with Gasteiger partial charge in [0.05, 0.1) is 8.15 Å². The zero-order chi connectivity index (χ0) is 13.8. The van der Waals surface area contributed by atoms with E-state index in [0.717, 1.165) is 21.7 Å². The summed E-state index contributed by atoms with van der Waals surface area (Å²) in [4.78, 5) is 10.7. The molecular weight excluding hydrogens is 263 g/mol. The summed E-state index contributed by atoms with van der Waals surface area (Å²) in [6, 6.07) is 28.1. The Balaban J connectivity index is 2.07. The molecule has 0 fully saturated rings.